The molecule has 0 bridgehead atoms. The third kappa shape index (κ3) is 3.97. The van der Waals surface area contributed by atoms with Crippen LogP contribution in [0.4, 0.5) is 19.0 Å². The lowest BCUT2D eigenvalue weighted by Gasteiger charge is -2.17. The summed E-state index contributed by atoms with van der Waals surface area (Å²) in [6, 6.07) is 1.04. The van der Waals surface area contributed by atoms with Gasteiger partial charge in [0.25, 0.3) is 0 Å². The molecule has 1 fully saturated rings. The van der Waals surface area contributed by atoms with E-state index in [1.165, 1.54) is 4.88 Å². The molecule has 0 amide bonds. The summed E-state index contributed by atoms with van der Waals surface area (Å²) in [6.07, 6.45) is -2.65. The maximum atomic E-state index is 12.7. The van der Waals surface area contributed by atoms with Crippen LogP contribution < -0.4 is 5.32 Å². The van der Waals surface area contributed by atoms with Crippen molar-refractivity contribution in [2.45, 2.75) is 32.1 Å². The number of nitrogens with zero attached hydrogens (tertiary/aromatic N) is 4. The third-order valence-electron chi connectivity index (χ3n) is 3.79. The summed E-state index contributed by atoms with van der Waals surface area (Å²) in [5.41, 5.74) is 1.94. The zero-order valence-electron chi connectivity index (χ0n) is 12.5. The molecule has 1 N–H and O–H groups in total. The molecule has 3 rings (SSSR count). The molecule has 23 heavy (non-hydrogen) atoms. The Balaban J connectivity index is 1.59. The average molecular weight is 343 g/mol. The van der Waals surface area contributed by atoms with Crippen LogP contribution in [0.5, 0.6) is 0 Å². The molecule has 9 heteroatoms. The van der Waals surface area contributed by atoms with E-state index in [0.717, 1.165) is 44.1 Å². The molecule has 124 valence electrons. The Labute approximate surface area is 135 Å². The first-order valence-electron chi connectivity index (χ1n) is 7.19. The van der Waals surface area contributed by atoms with E-state index < -0.39 is 11.9 Å². The van der Waals surface area contributed by atoms with E-state index in [1.54, 1.807) is 11.3 Å². The number of anilines is 1. The smallest absolute Gasteiger partial charge is 0.366 e. The second kappa shape index (κ2) is 6.40. The second-order valence-electron chi connectivity index (χ2n) is 5.51. The molecule has 0 spiro atoms. The van der Waals surface area contributed by atoms with Gasteiger partial charge in [0.15, 0.2) is 0 Å². The van der Waals surface area contributed by atoms with Crippen LogP contribution in [0, 0.1) is 6.92 Å². The molecule has 0 aromatic carbocycles. The normalized spacial score (nSPS) is 19.2. The SMILES string of the molecule is Cc1ncsc1CN1CCC(Nc2cc(C(F)(F)F)ncn2)C1. The van der Waals surface area contributed by atoms with Crippen molar-refractivity contribution < 1.29 is 13.2 Å². The lowest BCUT2D eigenvalue weighted by Crippen LogP contribution is -2.26. The van der Waals surface area contributed by atoms with E-state index in [4.69, 9.17) is 0 Å². The molecule has 1 saturated heterocycles. The Bertz CT molecular complexity index is 672. The summed E-state index contributed by atoms with van der Waals surface area (Å²) in [4.78, 5) is 14.9. The zero-order valence-corrected chi connectivity index (χ0v) is 13.3. The highest BCUT2D eigenvalue weighted by atomic mass is 32.1. The van der Waals surface area contributed by atoms with E-state index in [2.05, 4.69) is 25.2 Å². The average Bonchev–Trinajstić information content (AvgIpc) is 3.09. The van der Waals surface area contributed by atoms with E-state index in [-0.39, 0.29) is 11.9 Å². The van der Waals surface area contributed by atoms with Crippen LogP contribution in [-0.4, -0.2) is 39.0 Å². The number of rotatable bonds is 4. The summed E-state index contributed by atoms with van der Waals surface area (Å²) in [5, 5.41) is 3.07. The summed E-state index contributed by atoms with van der Waals surface area (Å²) in [5.74, 6) is 0.216. The first-order valence-corrected chi connectivity index (χ1v) is 8.07. The number of likely N-dealkylation sites (tertiary alicyclic amines) is 1. The van der Waals surface area contributed by atoms with E-state index in [9.17, 15) is 13.2 Å². The van der Waals surface area contributed by atoms with Crippen LogP contribution in [-0.2, 0) is 12.7 Å². The van der Waals surface area contributed by atoms with Crippen LogP contribution in [0.15, 0.2) is 17.9 Å². The quantitative estimate of drug-likeness (QED) is 0.925. The highest BCUT2D eigenvalue weighted by Crippen LogP contribution is 2.28. The summed E-state index contributed by atoms with van der Waals surface area (Å²) < 4.78 is 38.0. The Morgan fingerprint density at radius 3 is 2.87 bits per heavy atom. The zero-order chi connectivity index (χ0) is 16.4. The monoisotopic (exact) mass is 343 g/mol. The van der Waals surface area contributed by atoms with Gasteiger partial charge in [0, 0.05) is 36.6 Å². The highest BCUT2D eigenvalue weighted by molar-refractivity contribution is 7.09. The van der Waals surface area contributed by atoms with Crippen LogP contribution in [0.2, 0.25) is 0 Å². The number of hydrogen-bond acceptors (Lipinski definition) is 6. The highest BCUT2D eigenvalue weighted by Gasteiger charge is 2.33. The minimum atomic E-state index is -4.45. The third-order valence-corrected chi connectivity index (χ3v) is 4.71. The first-order chi connectivity index (χ1) is 10.9. The molecular formula is C14H16F3N5S. The Morgan fingerprint density at radius 1 is 1.35 bits per heavy atom. The number of hydrogen-bond donors (Lipinski definition) is 1. The fraction of sp³-hybridized carbons (Fsp3) is 0.500. The van der Waals surface area contributed by atoms with Crippen molar-refractivity contribution in [3.05, 3.63) is 34.2 Å². The molecule has 0 radical (unpaired) electrons. The van der Waals surface area contributed by atoms with Gasteiger partial charge in [-0.25, -0.2) is 15.0 Å². The number of nitrogens with one attached hydrogen (secondary N) is 1. The van der Waals surface area contributed by atoms with Crippen LogP contribution in [0.25, 0.3) is 0 Å². The lowest BCUT2D eigenvalue weighted by molar-refractivity contribution is -0.141. The van der Waals surface area contributed by atoms with Gasteiger partial charge in [-0.3, -0.25) is 4.90 Å². The molecule has 1 atom stereocenters. The summed E-state index contributed by atoms with van der Waals surface area (Å²) in [7, 11) is 0. The minimum Gasteiger partial charge on any atom is -0.366 e. The van der Waals surface area contributed by atoms with Crippen molar-refractivity contribution >= 4 is 17.2 Å². The van der Waals surface area contributed by atoms with E-state index in [0.29, 0.717) is 0 Å². The van der Waals surface area contributed by atoms with Gasteiger partial charge >= 0.3 is 6.18 Å². The number of aryl methyl sites for hydroxylation is 1. The predicted octanol–water partition coefficient (Wildman–Crippen LogP) is 2.95. The lowest BCUT2D eigenvalue weighted by atomic mass is 10.2. The van der Waals surface area contributed by atoms with Gasteiger partial charge in [0.05, 0.1) is 11.2 Å². The topological polar surface area (TPSA) is 53.9 Å². The van der Waals surface area contributed by atoms with Crippen molar-refractivity contribution in [2.75, 3.05) is 18.4 Å². The Morgan fingerprint density at radius 2 is 2.17 bits per heavy atom. The Kier molecular flexibility index (Phi) is 4.49. The summed E-state index contributed by atoms with van der Waals surface area (Å²) >= 11 is 1.63. The minimum absolute atomic E-state index is 0.0826. The molecule has 0 saturated carbocycles. The van der Waals surface area contributed by atoms with Crippen molar-refractivity contribution in [1.29, 1.82) is 0 Å². The van der Waals surface area contributed by atoms with E-state index >= 15 is 0 Å². The van der Waals surface area contributed by atoms with Gasteiger partial charge in [-0.05, 0) is 13.3 Å². The molecule has 1 aliphatic rings. The maximum absolute atomic E-state index is 12.7. The van der Waals surface area contributed by atoms with Gasteiger partial charge in [-0.15, -0.1) is 11.3 Å². The fourth-order valence-electron chi connectivity index (χ4n) is 2.58. The van der Waals surface area contributed by atoms with Crippen molar-refractivity contribution in [3.63, 3.8) is 0 Å². The van der Waals surface area contributed by atoms with Crippen molar-refractivity contribution in [3.8, 4) is 0 Å². The Hall–Kier alpha value is -1.74. The van der Waals surface area contributed by atoms with Crippen LogP contribution in [0.3, 0.4) is 0 Å². The van der Waals surface area contributed by atoms with Gasteiger partial charge in [0.1, 0.15) is 17.8 Å². The molecule has 5 nitrogen and oxygen atoms in total. The van der Waals surface area contributed by atoms with Gasteiger partial charge in [-0.2, -0.15) is 13.2 Å². The predicted molar refractivity (Wildman–Crippen MR) is 81.2 cm³/mol. The van der Waals surface area contributed by atoms with Crippen molar-refractivity contribution in [2.24, 2.45) is 0 Å². The largest absolute Gasteiger partial charge is 0.433 e. The van der Waals surface area contributed by atoms with Crippen LogP contribution in [0.1, 0.15) is 22.7 Å². The molecule has 3 heterocycles. The standard InChI is InChI=1S/C14H16F3N5S/c1-9-11(23-8-20-9)6-22-3-2-10(5-22)21-13-4-12(14(15,16)17)18-7-19-13/h4,7-8,10H,2-3,5-6H2,1H3,(H,18,19,21). The number of thiazole rings is 1. The molecule has 2 aromatic heterocycles. The van der Waals surface area contributed by atoms with Gasteiger partial charge in [0.2, 0.25) is 0 Å². The molecular weight excluding hydrogens is 327 g/mol. The maximum Gasteiger partial charge on any atom is 0.433 e. The molecule has 0 aliphatic carbocycles. The fourth-order valence-corrected chi connectivity index (χ4v) is 3.39. The number of halogens is 3. The number of alkyl halides is 3. The molecule has 2 aromatic rings. The first kappa shape index (κ1) is 16.1. The van der Waals surface area contributed by atoms with Gasteiger partial charge < -0.3 is 5.32 Å². The number of aromatic nitrogens is 3. The summed E-state index contributed by atoms with van der Waals surface area (Å²) in [6.45, 7) is 4.47. The van der Waals surface area contributed by atoms with Crippen LogP contribution >= 0.6 is 11.3 Å². The second-order valence-corrected chi connectivity index (χ2v) is 6.45. The van der Waals surface area contributed by atoms with E-state index in [1.807, 2.05) is 12.4 Å². The molecule has 1 unspecified atom stereocenters. The van der Waals surface area contributed by atoms with Crippen molar-refractivity contribution in [1.82, 2.24) is 19.9 Å². The molecule has 1 aliphatic heterocycles. The van der Waals surface area contributed by atoms with Gasteiger partial charge in [-0.1, -0.05) is 0 Å².